The van der Waals surface area contributed by atoms with Gasteiger partial charge in [-0.05, 0) is 0 Å². The summed E-state index contributed by atoms with van der Waals surface area (Å²) in [7, 11) is 6.60. The predicted molar refractivity (Wildman–Crippen MR) is 65.8 cm³/mol. The van der Waals surface area contributed by atoms with Gasteiger partial charge in [-0.1, -0.05) is 0 Å². The molecule has 0 unspecified atom stereocenters. The molecule has 0 saturated heterocycles. The van der Waals surface area contributed by atoms with Crippen LogP contribution in [-0.2, 0) is 23.6 Å². The third kappa shape index (κ3) is 10.8. The van der Waals surface area contributed by atoms with Crippen LogP contribution < -0.4 is 24.0 Å². The van der Waals surface area contributed by atoms with E-state index >= 15 is 0 Å². The standard InChI is InChI=1S/C9H15N.C5H5.Fe.HI/c1-10(2,3)8-9-6-4-5-7-9;1-2-4-5-3-1;;/h4-7H,8H2,1-3H3;1-5H;;1H/q;-5;;/p-1. The number of hydrogen-bond acceptors (Lipinski definition) is 0. The Morgan fingerprint density at radius 3 is 1.53 bits per heavy atom. The average molecular weight is 385 g/mol. The van der Waals surface area contributed by atoms with Crippen molar-refractivity contribution in [1.29, 1.82) is 0 Å². The van der Waals surface area contributed by atoms with Crippen LogP contribution in [0.25, 0.3) is 0 Å². The SMILES string of the molecule is C[N+](C)(C)C[c-]1cccc1.[Fe].[I-].[cH-]1[cH-][cH-][cH-][cH-]1. The van der Waals surface area contributed by atoms with Crippen LogP contribution in [0.3, 0.4) is 0 Å². The van der Waals surface area contributed by atoms with Gasteiger partial charge in [0.2, 0.25) is 0 Å². The van der Waals surface area contributed by atoms with Gasteiger partial charge in [0.1, 0.15) is 0 Å². The molecule has 0 aliphatic heterocycles. The van der Waals surface area contributed by atoms with Crippen molar-refractivity contribution < 1.29 is 45.5 Å². The third-order valence-electron chi connectivity index (χ3n) is 1.94. The Balaban J connectivity index is 0. The molecule has 102 valence electrons. The average Bonchev–Trinajstić information content (AvgIpc) is 2.71. The Bertz CT molecular complexity index is 315. The van der Waals surface area contributed by atoms with Crippen molar-refractivity contribution >= 4 is 0 Å². The first-order valence-corrected chi connectivity index (χ1v) is 5.26. The molecule has 0 aliphatic rings. The van der Waals surface area contributed by atoms with E-state index in [9.17, 15) is 0 Å². The van der Waals surface area contributed by atoms with Crippen LogP contribution in [0.15, 0.2) is 54.6 Å². The zero-order valence-corrected chi connectivity index (χ0v) is 13.8. The molecule has 0 fully saturated rings. The fraction of sp³-hybridized carbons (Fsp3) is 0.286. The van der Waals surface area contributed by atoms with Crippen molar-refractivity contribution in [3.8, 4) is 0 Å². The molecule has 1 nitrogen and oxygen atoms in total. The summed E-state index contributed by atoms with van der Waals surface area (Å²) in [5.41, 5.74) is 1.42. The molecule has 0 N–H and O–H groups in total. The van der Waals surface area contributed by atoms with Crippen molar-refractivity contribution in [2.24, 2.45) is 0 Å². The second-order valence-electron chi connectivity index (χ2n) is 4.70. The van der Waals surface area contributed by atoms with Gasteiger partial charge in [-0.2, -0.15) is 12.1 Å². The molecule has 2 aromatic rings. The molecule has 2 aromatic carbocycles. The Hall–Kier alpha value is -0.0905. The maximum atomic E-state index is 2.20. The summed E-state index contributed by atoms with van der Waals surface area (Å²) in [6.45, 7) is 1.12. The predicted octanol–water partition coefficient (Wildman–Crippen LogP) is 0.0187. The van der Waals surface area contributed by atoms with Crippen LogP contribution in [0.1, 0.15) is 5.56 Å². The maximum Gasteiger partial charge on any atom is 0.0671 e. The number of quaternary nitrogens is 1. The number of halogens is 1. The Labute approximate surface area is 133 Å². The van der Waals surface area contributed by atoms with Crippen molar-refractivity contribution in [3.05, 3.63) is 60.2 Å². The molecular weight excluding hydrogens is 365 g/mol. The minimum Gasteiger partial charge on any atom is -1.00 e. The summed E-state index contributed by atoms with van der Waals surface area (Å²) in [5.74, 6) is 0. The summed E-state index contributed by atoms with van der Waals surface area (Å²) in [6, 6.07) is 18.5. The zero-order valence-electron chi connectivity index (χ0n) is 10.6. The fourth-order valence-electron chi connectivity index (χ4n) is 1.39. The molecule has 0 aliphatic carbocycles. The molecule has 3 heteroatoms. The summed E-state index contributed by atoms with van der Waals surface area (Å²) < 4.78 is 1.00. The molecule has 0 spiro atoms. The molecule has 0 amide bonds. The first-order chi connectivity index (χ1) is 7.08. The monoisotopic (exact) mass is 385 g/mol. The second kappa shape index (κ2) is 9.89. The van der Waals surface area contributed by atoms with Gasteiger partial charge in [0.25, 0.3) is 0 Å². The van der Waals surface area contributed by atoms with E-state index < -0.39 is 0 Å². The van der Waals surface area contributed by atoms with Crippen molar-refractivity contribution in [2.45, 2.75) is 6.54 Å². The molecule has 0 radical (unpaired) electrons. The van der Waals surface area contributed by atoms with Gasteiger partial charge in [-0.15, -0.1) is 5.56 Å². The number of hydrogen-bond donors (Lipinski definition) is 0. The molecule has 2 rings (SSSR count). The van der Waals surface area contributed by atoms with Gasteiger partial charge in [-0.25, -0.2) is 12.1 Å². The van der Waals surface area contributed by atoms with E-state index in [1.54, 1.807) is 0 Å². The van der Waals surface area contributed by atoms with E-state index in [0.29, 0.717) is 0 Å². The molecule has 17 heavy (non-hydrogen) atoms. The third-order valence-corrected chi connectivity index (χ3v) is 1.94. The fourth-order valence-corrected chi connectivity index (χ4v) is 1.39. The van der Waals surface area contributed by atoms with E-state index in [0.717, 1.165) is 11.0 Å². The van der Waals surface area contributed by atoms with E-state index in [-0.39, 0.29) is 41.0 Å². The van der Waals surface area contributed by atoms with Crippen molar-refractivity contribution in [2.75, 3.05) is 21.1 Å². The molecular formula is C14H20FeIN-6. The largest absolute Gasteiger partial charge is 1.00 e. The summed E-state index contributed by atoms with van der Waals surface area (Å²) in [4.78, 5) is 0. The quantitative estimate of drug-likeness (QED) is 0.296. The van der Waals surface area contributed by atoms with Crippen LogP contribution in [-0.4, -0.2) is 25.6 Å². The van der Waals surface area contributed by atoms with Gasteiger partial charge < -0.3 is 58.8 Å². The molecule has 0 bridgehead atoms. The smallest absolute Gasteiger partial charge is 0.0671 e. The zero-order chi connectivity index (χ0) is 11.1. The van der Waals surface area contributed by atoms with Crippen molar-refractivity contribution in [3.63, 3.8) is 0 Å². The Kier molecular flexibility index (Phi) is 11.2. The first kappa shape index (κ1) is 19.3. The Morgan fingerprint density at radius 2 is 1.24 bits per heavy atom. The van der Waals surface area contributed by atoms with E-state index in [1.165, 1.54) is 5.56 Å². The molecule has 0 aromatic heterocycles. The van der Waals surface area contributed by atoms with Gasteiger partial charge >= 0.3 is 0 Å². The molecule has 0 heterocycles. The molecule has 0 atom stereocenters. The van der Waals surface area contributed by atoms with E-state index in [4.69, 9.17) is 0 Å². The van der Waals surface area contributed by atoms with Gasteiger partial charge in [0.05, 0.1) is 27.7 Å². The summed E-state index contributed by atoms with van der Waals surface area (Å²) in [5, 5.41) is 0. The van der Waals surface area contributed by atoms with Gasteiger partial charge in [-0.3, -0.25) is 0 Å². The van der Waals surface area contributed by atoms with Crippen LogP contribution in [0, 0.1) is 0 Å². The second-order valence-corrected chi connectivity index (χ2v) is 4.70. The maximum absolute atomic E-state index is 2.20. The summed E-state index contributed by atoms with van der Waals surface area (Å²) >= 11 is 0. The number of nitrogens with zero attached hydrogens (tertiary/aromatic N) is 1. The topological polar surface area (TPSA) is 0 Å². The van der Waals surface area contributed by atoms with Crippen molar-refractivity contribution in [1.82, 2.24) is 0 Å². The Morgan fingerprint density at radius 1 is 0.882 bits per heavy atom. The minimum absolute atomic E-state index is 0. The van der Waals surface area contributed by atoms with Gasteiger partial charge in [0, 0.05) is 17.1 Å². The van der Waals surface area contributed by atoms with Crippen LogP contribution >= 0.6 is 0 Å². The normalized spacial score (nSPS) is 9.35. The summed E-state index contributed by atoms with van der Waals surface area (Å²) in [6.07, 6.45) is 0. The number of rotatable bonds is 2. The van der Waals surface area contributed by atoms with Crippen LogP contribution in [0.5, 0.6) is 0 Å². The van der Waals surface area contributed by atoms with E-state index in [1.807, 2.05) is 30.3 Å². The van der Waals surface area contributed by atoms with Crippen LogP contribution in [0.4, 0.5) is 0 Å². The minimum atomic E-state index is 0. The van der Waals surface area contributed by atoms with E-state index in [2.05, 4.69) is 45.4 Å². The van der Waals surface area contributed by atoms with Gasteiger partial charge in [0.15, 0.2) is 0 Å². The van der Waals surface area contributed by atoms with Crippen LogP contribution in [0.2, 0.25) is 0 Å². The molecule has 0 saturated carbocycles. The first-order valence-electron chi connectivity index (χ1n) is 5.26.